The molecule has 0 aliphatic rings. The SMILES string of the molecule is COC(=O)CCn1c(C)cc(C(=O)COC(=O)Cc2ccc(OC)c(OC)c2)c1C. The van der Waals surface area contributed by atoms with Gasteiger partial charge in [-0.05, 0) is 37.6 Å². The maximum atomic E-state index is 12.5. The third kappa shape index (κ3) is 5.62. The molecule has 2 rings (SSSR count). The molecule has 8 nitrogen and oxygen atoms in total. The molecule has 0 aliphatic heterocycles. The zero-order chi connectivity index (χ0) is 22.3. The Morgan fingerprint density at radius 1 is 0.933 bits per heavy atom. The molecule has 0 radical (unpaired) electrons. The highest BCUT2D eigenvalue weighted by molar-refractivity contribution is 5.99. The van der Waals surface area contributed by atoms with Crippen molar-refractivity contribution < 1.29 is 33.3 Å². The first-order valence-corrected chi connectivity index (χ1v) is 9.44. The minimum Gasteiger partial charge on any atom is -0.493 e. The third-order valence-corrected chi connectivity index (χ3v) is 4.80. The van der Waals surface area contributed by atoms with E-state index in [1.165, 1.54) is 21.3 Å². The van der Waals surface area contributed by atoms with Crippen molar-refractivity contribution in [3.05, 3.63) is 46.8 Å². The first kappa shape index (κ1) is 23.0. The van der Waals surface area contributed by atoms with Crippen LogP contribution in [0.3, 0.4) is 0 Å². The molecule has 0 saturated heterocycles. The summed E-state index contributed by atoms with van der Waals surface area (Å²) < 4.78 is 22.1. The number of hydrogen-bond acceptors (Lipinski definition) is 7. The number of esters is 2. The van der Waals surface area contributed by atoms with Crippen LogP contribution in [0.5, 0.6) is 11.5 Å². The summed E-state index contributed by atoms with van der Waals surface area (Å²) in [5.74, 6) is -0.0618. The Morgan fingerprint density at radius 3 is 2.27 bits per heavy atom. The van der Waals surface area contributed by atoms with Gasteiger partial charge in [0, 0.05) is 23.5 Å². The quantitative estimate of drug-likeness (QED) is 0.433. The lowest BCUT2D eigenvalue weighted by Crippen LogP contribution is -2.16. The highest BCUT2D eigenvalue weighted by Gasteiger charge is 2.18. The largest absolute Gasteiger partial charge is 0.493 e. The van der Waals surface area contributed by atoms with Crippen LogP contribution in [0, 0.1) is 13.8 Å². The van der Waals surface area contributed by atoms with E-state index >= 15 is 0 Å². The van der Waals surface area contributed by atoms with Gasteiger partial charge in [-0.25, -0.2) is 0 Å². The molecular weight excluding hydrogens is 390 g/mol. The van der Waals surface area contributed by atoms with Gasteiger partial charge in [0.2, 0.25) is 5.78 Å². The summed E-state index contributed by atoms with van der Waals surface area (Å²) in [6.45, 7) is 3.71. The van der Waals surface area contributed by atoms with Crippen LogP contribution in [0.15, 0.2) is 24.3 Å². The van der Waals surface area contributed by atoms with E-state index in [0.29, 0.717) is 29.2 Å². The van der Waals surface area contributed by atoms with Gasteiger partial charge in [-0.3, -0.25) is 14.4 Å². The van der Waals surface area contributed by atoms with E-state index in [4.69, 9.17) is 14.2 Å². The zero-order valence-electron chi connectivity index (χ0n) is 17.9. The molecule has 0 N–H and O–H groups in total. The molecule has 0 bridgehead atoms. The van der Waals surface area contributed by atoms with Crippen molar-refractivity contribution >= 4 is 17.7 Å². The van der Waals surface area contributed by atoms with Gasteiger partial charge in [0.25, 0.3) is 0 Å². The van der Waals surface area contributed by atoms with Gasteiger partial charge in [0.05, 0.1) is 34.2 Å². The van der Waals surface area contributed by atoms with E-state index in [0.717, 1.165) is 11.4 Å². The molecule has 162 valence electrons. The smallest absolute Gasteiger partial charge is 0.310 e. The van der Waals surface area contributed by atoms with Gasteiger partial charge in [-0.1, -0.05) is 6.07 Å². The Balaban J connectivity index is 1.97. The second-order valence-corrected chi connectivity index (χ2v) is 6.71. The molecule has 0 aliphatic carbocycles. The number of ketones is 1. The molecule has 1 aromatic heterocycles. The normalized spacial score (nSPS) is 10.4. The van der Waals surface area contributed by atoms with Crippen LogP contribution < -0.4 is 9.47 Å². The number of rotatable bonds is 10. The topological polar surface area (TPSA) is 93.1 Å². The molecule has 1 aromatic carbocycles. The minimum atomic E-state index is -0.518. The van der Waals surface area contributed by atoms with Crippen LogP contribution in [0.25, 0.3) is 0 Å². The van der Waals surface area contributed by atoms with Crippen molar-refractivity contribution in [2.75, 3.05) is 27.9 Å². The molecular formula is C22H27NO7. The van der Waals surface area contributed by atoms with Gasteiger partial charge in [0.1, 0.15) is 0 Å². The standard InChI is InChI=1S/C22H27NO7/c1-14-10-17(15(2)23(14)9-8-21(25)29-5)18(24)13-30-22(26)12-16-6-7-19(27-3)20(11-16)28-4/h6-7,10-11H,8-9,12-13H2,1-5H3. The second kappa shape index (κ2) is 10.5. The van der Waals surface area contributed by atoms with Crippen molar-refractivity contribution in [1.29, 1.82) is 0 Å². The van der Waals surface area contributed by atoms with Crippen molar-refractivity contribution in [1.82, 2.24) is 4.57 Å². The molecule has 30 heavy (non-hydrogen) atoms. The van der Waals surface area contributed by atoms with Crippen LogP contribution in [-0.4, -0.2) is 50.2 Å². The van der Waals surface area contributed by atoms with Crippen LogP contribution in [0.1, 0.15) is 33.7 Å². The summed E-state index contributed by atoms with van der Waals surface area (Å²) in [5.41, 5.74) is 2.72. The summed E-state index contributed by atoms with van der Waals surface area (Å²) in [7, 11) is 4.38. The lowest BCUT2D eigenvalue weighted by atomic mass is 10.1. The van der Waals surface area contributed by atoms with Gasteiger partial charge in [-0.2, -0.15) is 0 Å². The fraction of sp³-hybridized carbons (Fsp3) is 0.409. The van der Waals surface area contributed by atoms with E-state index in [2.05, 4.69) is 4.74 Å². The average Bonchev–Trinajstić information content (AvgIpc) is 3.03. The molecule has 0 amide bonds. The van der Waals surface area contributed by atoms with Crippen LogP contribution >= 0.6 is 0 Å². The fourth-order valence-corrected chi connectivity index (χ4v) is 3.16. The molecule has 1 heterocycles. The van der Waals surface area contributed by atoms with E-state index in [9.17, 15) is 14.4 Å². The van der Waals surface area contributed by atoms with Gasteiger partial charge in [-0.15, -0.1) is 0 Å². The van der Waals surface area contributed by atoms with E-state index in [-0.39, 0.29) is 31.2 Å². The monoisotopic (exact) mass is 417 g/mol. The van der Waals surface area contributed by atoms with Crippen molar-refractivity contribution in [2.24, 2.45) is 0 Å². The predicted molar refractivity (Wildman–Crippen MR) is 109 cm³/mol. The van der Waals surface area contributed by atoms with Crippen molar-refractivity contribution in [2.45, 2.75) is 33.2 Å². The Morgan fingerprint density at radius 2 is 1.63 bits per heavy atom. The maximum Gasteiger partial charge on any atom is 0.310 e. The zero-order valence-corrected chi connectivity index (χ0v) is 17.9. The van der Waals surface area contributed by atoms with Gasteiger partial charge >= 0.3 is 11.9 Å². The molecule has 0 spiro atoms. The van der Waals surface area contributed by atoms with Crippen LogP contribution in [0.2, 0.25) is 0 Å². The Hall–Kier alpha value is -3.29. The molecule has 2 aromatic rings. The van der Waals surface area contributed by atoms with Crippen molar-refractivity contribution in [3.8, 4) is 11.5 Å². The van der Waals surface area contributed by atoms with Gasteiger partial charge < -0.3 is 23.5 Å². The van der Waals surface area contributed by atoms with Crippen LogP contribution in [-0.2, 0) is 32.0 Å². The molecule has 0 saturated carbocycles. The number of benzene rings is 1. The number of aryl methyl sites for hydroxylation is 1. The predicted octanol–water partition coefficient (Wildman–Crippen LogP) is 2.65. The summed E-state index contributed by atoms with van der Waals surface area (Å²) in [4.78, 5) is 36.1. The number of nitrogens with zero attached hydrogens (tertiary/aromatic N) is 1. The summed E-state index contributed by atoms with van der Waals surface area (Å²) >= 11 is 0. The first-order chi connectivity index (χ1) is 14.3. The molecule has 8 heteroatoms. The van der Waals surface area contributed by atoms with E-state index in [1.807, 2.05) is 11.5 Å². The second-order valence-electron chi connectivity index (χ2n) is 6.71. The lowest BCUT2D eigenvalue weighted by Gasteiger charge is -2.10. The van der Waals surface area contributed by atoms with E-state index in [1.54, 1.807) is 31.2 Å². The van der Waals surface area contributed by atoms with E-state index < -0.39 is 5.97 Å². The average molecular weight is 417 g/mol. The Labute approximate surface area is 175 Å². The lowest BCUT2D eigenvalue weighted by molar-refractivity contribution is -0.142. The number of hydrogen-bond donors (Lipinski definition) is 0. The number of ether oxygens (including phenoxy) is 4. The summed E-state index contributed by atoms with van der Waals surface area (Å²) in [6.07, 6.45) is 0.215. The number of Topliss-reactive ketones (excluding diaryl/α,β-unsaturated/α-hetero) is 1. The number of carbonyl (C=O) groups is 3. The number of methoxy groups -OCH3 is 3. The third-order valence-electron chi connectivity index (χ3n) is 4.80. The van der Waals surface area contributed by atoms with Gasteiger partial charge in [0.15, 0.2) is 18.1 Å². The summed E-state index contributed by atoms with van der Waals surface area (Å²) in [5, 5.41) is 0. The Kier molecular flexibility index (Phi) is 8.03. The number of carbonyl (C=O) groups excluding carboxylic acids is 3. The molecule has 0 unspecified atom stereocenters. The highest BCUT2D eigenvalue weighted by Crippen LogP contribution is 2.27. The fourth-order valence-electron chi connectivity index (χ4n) is 3.16. The number of aromatic nitrogens is 1. The highest BCUT2D eigenvalue weighted by atomic mass is 16.5. The molecule has 0 fully saturated rings. The first-order valence-electron chi connectivity index (χ1n) is 9.44. The minimum absolute atomic E-state index is 0.00574. The maximum absolute atomic E-state index is 12.5. The van der Waals surface area contributed by atoms with Crippen molar-refractivity contribution in [3.63, 3.8) is 0 Å². The summed E-state index contributed by atoms with van der Waals surface area (Å²) in [6, 6.07) is 6.86. The molecule has 0 atom stereocenters. The van der Waals surface area contributed by atoms with Crippen LogP contribution in [0.4, 0.5) is 0 Å². The Bertz CT molecular complexity index is 930.